The monoisotopic (exact) mass is 407 g/mol. The van der Waals surface area contributed by atoms with Crippen molar-refractivity contribution >= 4 is 21.4 Å². The zero-order valence-corrected chi connectivity index (χ0v) is 16.3. The third-order valence-corrected chi connectivity index (χ3v) is 7.74. The van der Waals surface area contributed by atoms with Gasteiger partial charge in [-0.15, -0.1) is 11.3 Å². The second kappa shape index (κ2) is 7.14. The van der Waals surface area contributed by atoms with E-state index in [9.17, 15) is 12.8 Å². The molecule has 0 N–H and O–H groups in total. The normalized spacial score (nSPS) is 15.9. The van der Waals surface area contributed by atoms with Crippen molar-refractivity contribution in [2.24, 2.45) is 0 Å². The van der Waals surface area contributed by atoms with Gasteiger partial charge in [0.25, 0.3) is 5.89 Å². The van der Waals surface area contributed by atoms with Gasteiger partial charge in [-0.25, -0.2) is 12.8 Å². The summed E-state index contributed by atoms with van der Waals surface area (Å²) in [6, 6.07) is 7.38. The summed E-state index contributed by atoms with van der Waals surface area (Å²) in [5.74, 6) is 0.239. The lowest BCUT2D eigenvalue weighted by Gasteiger charge is -2.25. The van der Waals surface area contributed by atoms with Gasteiger partial charge < -0.3 is 4.52 Å². The van der Waals surface area contributed by atoms with E-state index in [4.69, 9.17) is 4.52 Å². The summed E-state index contributed by atoms with van der Waals surface area (Å²) >= 11 is 1.31. The highest BCUT2D eigenvalue weighted by molar-refractivity contribution is 7.89. The molecule has 3 heterocycles. The molecule has 0 saturated carbocycles. The van der Waals surface area contributed by atoms with Crippen LogP contribution in [-0.2, 0) is 10.0 Å². The van der Waals surface area contributed by atoms with Crippen LogP contribution in [0.2, 0.25) is 0 Å². The van der Waals surface area contributed by atoms with E-state index in [0.29, 0.717) is 39.1 Å². The molecular weight excluding hydrogens is 389 g/mol. The fraction of sp³-hybridized carbons (Fsp3) is 0.333. The molecule has 142 valence electrons. The van der Waals surface area contributed by atoms with E-state index in [-0.39, 0.29) is 11.7 Å². The molecule has 0 radical (unpaired) electrons. The molecule has 0 bridgehead atoms. The van der Waals surface area contributed by atoms with E-state index in [0.717, 1.165) is 19.3 Å². The minimum atomic E-state index is -3.52. The molecule has 1 aliphatic heterocycles. The van der Waals surface area contributed by atoms with Crippen LogP contribution in [0, 0.1) is 12.7 Å². The summed E-state index contributed by atoms with van der Waals surface area (Å²) in [7, 11) is -3.52. The third-order valence-electron chi connectivity index (χ3n) is 4.54. The first kappa shape index (κ1) is 18.3. The molecule has 0 spiro atoms. The second-order valence-corrected chi connectivity index (χ2v) is 9.59. The van der Waals surface area contributed by atoms with Gasteiger partial charge in [-0.3, -0.25) is 0 Å². The van der Waals surface area contributed by atoms with Gasteiger partial charge in [0.05, 0.1) is 9.77 Å². The van der Waals surface area contributed by atoms with Crippen molar-refractivity contribution in [3.8, 4) is 22.2 Å². The van der Waals surface area contributed by atoms with Crippen molar-refractivity contribution in [2.75, 3.05) is 13.1 Å². The molecule has 0 unspecified atom stereocenters. The molecule has 0 amide bonds. The number of rotatable bonds is 4. The van der Waals surface area contributed by atoms with Crippen molar-refractivity contribution in [3.63, 3.8) is 0 Å². The van der Waals surface area contributed by atoms with Gasteiger partial charge in [0.15, 0.2) is 0 Å². The third kappa shape index (κ3) is 3.54. The van der Waals surface area contributed by atoms with Crippen LogP contribution in [0.4, 0.5) is 4.39 Å². The highest BCUT2D eigenvalue weighted by atomic mass is 32.2. The van der Waals surface area contributed by atoms with Gasteiger partial charge in [0.1, 0.15) is 5.82 Å². The molecule has 0 aliphatic carbocycles. The van der Waals surface area contributed by atoms with Crippen molar-refractivity contribution in [1.29, 1.82) is 0 Å². The van der Waals surface area contributed by atoms with Crippen LogP contribution in [0.3, 0.4) is 0 Å². The predicted molar refractivity (Wildman–Crippen MR) is 100 cm³/mol. The smallest absolute Gasteiger partial charge is 0.268 e. The topological polar surface area (TPSA) is 76.3 Å². The van der Waals surface area contributed by atoms with E-state index >= 15 is 0 Å². The number of aryl methyl sites for hydroxylation is 1. The molecule has 1 aromatic carbocycles. The Balaban J connectivity index is 1.64. The maximum atomic E-state index is 13.1. The van der Waals surface area contributed by atoms with E-state index < -0.39 is 10.0 Å². The number of hydrogen-bond donors (Lipinski definition) is 0. The number of thiophene rings is 1. The fourth-order valence-corrected chi connectivity index (χ4v) is 6.11. The summed E-state index contributed by atoms with van der Waals surface area (Å²) in [4.78, 5) is 5.92. The van der Waals surface area contributed by atoms with Gasteiger partial charge in [-0.1, -0.05) is 11.6 Å². The van der Waals surface area contributed by atoms with Gasteiger partial charge in [-0.05, 0) is 50.1 Å². The first-order chi connectivity index (χ1) is 12.9. The lowest BCUT2D eigenvalue weighted by molar-refractivity contribution is 0.346. The summed E-state index contributed by atoms with van der Waals surface area (Å²) in [5, 5.41) is 3.92. The molecule has 1 aliphatic rings. The highest BCUT2D eigenvalue weighted by Crippen LogP contribution is 2.35. The summed E-state index contributed by atoms with van der Waals surface area (Å²) in [5.41, 5.74) is 0.626. The highest BCUT2D eigenvalue weighted by Gasteiger charge is 2.29. The minimum absolute atomic E-state index is 0.252. The molecular formula is C18H18FN3O3S2. The van der Waals surface area contributed by atoms with Crippen molar-refractivity contribution in [1.82, 2.24) is 14.4 Å². The number of halogens is 1. The average molecular weight is 407 g/mol. The Morgan fingerprint density at radius 3 is 2.56 bits per heavy atom. The van der Waals surface area contributed by atoms with Crippen LogP contribution in [-0.4, -0.2) is 36.0 Å². The summed E-state index contributed by atoms with van der Waals surface area (Å²) in [6.07, 6.45) is 2.84. The molecule has 1 fully saturated rings. The minimum Gasteiger partial charge on any atom is -0.333 e. The number of piperidine rings is 1. The number of benzene rings is 1. The van der Waals surface area contributed by atoms with Gasteiger partial charge >= 0.3 is 0 Å². The fourth-order valence-electron chi connectivity index (χ4n) is 3.11. The van der Waals surface area contributed by atoms with Gasteiger partial charge in [-0.2, -0.15) is 9.29 Å². The Bertz CT molecular complexity index is 1050. The standard InChI is InChI=1S/C18H18FN3O3S2/c1-12-16(27(23,24)22-9-3-2-4-10-22)11-15(26-12)18-20-17(21-25-18)13-5-7-14(19)8-6-13/h5-8,11H,2-4,9-10H2,1H3. The molecule has 4 rings (SSSR count). The Hall–Kier alpha value is -2.10. The molecule has 3 aromatic rings. The summed E-state index contributed by atoms with van der Waals surface area (Å²) < 4.78 is 45.8. The van der Waals surface area contributed by atoms with Crippen molar-refractivity contribution < 1.29 is 17.3 Å². The van der Waals surface area contributed by atoms with Crippen LogP contribution in [0.25, 0.3) is 22.2 Å². The Kier molecular flexibility index (Phi) is 4.83. The predicted octanol–water partition coefficient (Wildman–Crippen LogP) is 4.09. The van der Waals surface area contributed by atoms with Crippen LogP contribution < -0.4 is 0 Å². The van der Waals surface area contributed by atoms with E-state index in [1.54, 1.807) is 29.4 Å². The Morgan fingerprint density at radius 1 is 1.15 bits per heavy atom. The van der Waals surface area contributed by atoms with E-state index in [1.807, 2.05) is 0 Å². The van der Waals surface area contributed by atoms with Crippen molar-refractivity contribution in [3.05, 3.63) is 41.0 Å². The summed E-state index contributed by atoms with van der Waals surface area (Å²) in [6.45, 7) is 2.90. The van der Waals surface area contributed by atoms with Crippen LogP contribution in [0.15, 0.2) is 39.8 Å². The first-order valence-corrected chi connectivity index (χ1v) is 10.9. The number of aromatic nitrogens is 2. The lowest BCUT2D eigenvalue weighted by atomic mass is 10.2. The SMILES string of the molecule is Cc1sc(-c2nc(-c3ccc(F)cc3)no2)cc1S(=O)(=O)N1CCCCC1. The zero-order valence-electron chi connectivity index (χ0n) is 14.7. The maximum absolute atomic E-state index is 13.1. The molecule has 1 saturated heterocycles. The number of nitrogens with zero attached hydrogens (tertiary/aromatic N) is 3. The zero-order chi connectivity index (χ0) is 19.0. The Labute approximate surface area is 160 Å². The molecule has 9 heteroatoms. The van der Waals surface area contributed by atoms with Crippen LogP contribution >= 0.6 is 11.3 Å². The number of sulfonamides is 1. The van der Waals surface area contributed by atoms with E-state index in [2.05, 4.69) is 10.1 Å². The van der Waals surface area contributed by atoms with Crippen LogP contribution in [0.1, 0.15) is 24.1 Å². The lowest BCUT2D eigenvalue weighted by Crippen LogP contribution is -2.35. The largest absolute Gasteiger partial charge is 0.333 e. The quantitative estimate of drug-likeness (QED) is 0.651. The molecule has 2 aromatic heterocycles. The van der Waals surface area contributed by atoms with E-state index in [1.165, 1.54) is 23.5 Å². The molecule has 6 nitrogen and oxygen atoms in total. The molecule has 27 heavy (non-hydrogen) atoms. The molecule has 0 atom stereocenters. The van der Waals surface area contributed by atoms with Crippen molar-refractivity contribution in [2.45, 2.75) is 31.1 Å². The van der Waals surface area contributed by atoms with Gasteiger partial charge in [0, 0.05) is 23.5 Å². The maximum Gasteiger partial charge on any atom is 0.268 e. The van der Waals surface area contributed by atoms with Gasteiger partial charge in [0.2, 0.25) is 15.8 Å². The Morgan fingerprint density at radius 2 is 1.85 bits per heavy atom. The average Bonchev–Trinajstić information content (AvgIpc) is 3.30. The van der Waals surface area contributed by atoms with Crippen LogP contribution in [0.5, 0.6) is 0 Å². The first-order valence-electron chi connectivity index (χ1n) is 8.66. The number of hydrogen-bond acceptors (Lipinski definition) is 6. The second-order valence-electron chi connectivity index (χ2n) is 6.43.